The van der Waals surface area contributed by atoms with Gasteiger partial charge >= 0.3 is 0 Å². The fourth-order valence-corrected chi connectivity index (χ4v) is 7.49. The molecule has 3 aliphatic carbocycles. The number of nitrogens with zero attached hydrogens (tertiary/aromatic N) is 2. The van der Waals surface area contributed by atoms with Crippen molar-refractivity contribution in [1.82, 2.24) is 5.32 Å². The molecular weight excluding hydrogens is 477 g/mol. The van der Waals surface area contributed by atoms with Gasteiger partial charge in [-0.25, -0.2) is 0 Å². The quantitative estimate of drug-likeness (QED) is 0.494. The number of hydrazone groups is 1. The second kappa shape index (κ2) is 8.48. The lowest BCUT2D eigenvalue weighted by Crippen LogP contribution is -2.48. The Morgan fingerprint density at radius 1 is 0.939 bits per heavy atom. The summed E-state index contributed by atoms with van der Waals surface area (Å²) < 4.78 is 0. The zero-order valence-corrected chi connectivity index (χ0v) is 20.5. The summed E-state index contributed by atoms with van der Waals surface area (Å²) in [5.74, 6) is 3.17. The van der Waals surface area contributed by atoms with E-state index in [1.54, 1.807) is 12.1 Å². The third-order valence-electron chi connectivity index (χ3n) is 8.27. The van der Waals surface area contributed by atoms with Gasteiger partial charge in [0.25, 0.3) is 5.91 Å². The fourth-order valence-electron chi connectivity index (χ4n) is 6.87. The third kappa shape index (κ3) is 3.94. The van der Waals surface area contributed by atoms with Crippen molar-refractivity contribution in [2.75, 3.05) is 5.01 Å². The molecule has 6 atom stereocenters. The van der Waals surface area contributed by atoms with Gasteiger partial charge in [-0.1, -0.05) is 46.9 Å². The monoisotopic (exact) mass is 501 g/mol. The Hall–Kier alpha value is -1.75. The molecule has 33 heavy (non-hydrogen) atoms. The lowest BCUT2D eigenvalue weighted by atomic mass is 9.68. The first-order valence-corrected chi connectivity index (χ1v) is 13.0. The minimum Gasteiger partial charge on any atom is -0.348 e. The van der Waals surface area contributed by atoms with E-state index < -0.39 is 0 Å². The van der Waals surface area contributed by atoms with Crippen LogP contribution in [0, 0.1) is 23.7 Å². The maximum atomic E-state index is 13.4. The topological polar surface area (TPSA) is 44.7 Å². The van der Waals surface area contributed by atoms with Crippen LogP contribution in [-0.4, -0.2) is 17.7 Å². The smallest absolute Gasteiger partial charge is 0.267 e. The van der Waals surface area contributed by atoms with Gasteiger partial charge < -0.3 is 5.32 Å². The minimum absolute atomic E-state index is 0.0484. The van der Waals surface area contributed by atoms with Gasteiger partial charge in [-0.05, 0) is 91.7 Å². The number of nitrogens with one attached hydrogen (secondary N) is 1. The summed E-state index contributed by atoms with van der Waals surface area (Å²) >= 11 is 18.8. The van der Waals surface area contributed by atoms with Crippen LogP contribution in [0.3, 0.4) is 0 Å². The molecule has 1 N–H and O–H groups in total. The molecule has 3 fully saturated rings. The van der Waals surface area contributed by atoms with E-state index in [0.29, 0.717) is 33.1 Å². The first-order valence-electron chi connectivity index (χ1n) is 11.8. The molecule has 2 aromatic rings. The molecule has 0 aromatic heterocycles. The van der Waals surface area contributed by atoms with Gasteiger partial charge in [0, 0.05) is 22.5 Å². The highest BCUT2D eigenvalue weighted by atomic mass is 35.5. The highest BCUT2D eigenvalue weighted by molar-refractivity contribution is 6.40. The van der Waals surface area contributed by atoms with E-state index in [1.165, 1.54) is 25.7 Å². The van der Waals surface area contributed by atoms with Gasteiger partial charge in [-0.15, -0.1) is 0 Å². The Morgan fingerprint density at radius 2 is 1.70 bits per heavy atom. The van der Waals surface area contributed by atoms with Crippen LogP contribution < -0.4 is 10.3 Å². The molecule has 0 spiro atoms. The number of benzene rings is 2. The normalized spacial score (nSPS) is 32.2. The Balaban J connectivity index is 1.26. The number of hydrogen-bond acceptors (Lipinski definition) is 3. The zero-order valence-electron chi connectivity index (χ0n) is 18.2. The van der Waals surface area contributed by atoms with Gasteiger partial charge in [0.05, 0.1) is 16.8 Å². The lowest BCUT2D eigenvalue weighted by molar-refractivity contribution is -0.116. The summed E-state index contributed by atoms with van der Waals surface area (Å²) in [4.78, 5) is 13.4. The molecule has 7 heteroatoms. The van der Waals surface area contributed by atoms with E-state index in [2.05, 4.69) is 5.32 Å². The standard InChI is InChI=1S/C26H26Cl3N3O/c27-17-4-1-15(2-5-17)25-13-23(31-32(25)24-8-6-18(28)12-21(24)29)26(33)30-22-7-3-16-9-14-10-19(16)20(22)11-14/h1-2,4-6,8,12,14,16,19-20,22,25H,3,7,9-11,13H2,(H,30,33). The summed E-state index contributed by atoms with van der Waals surface area (Å²) in [6.45, 7) is 0. The van der Waals surface area contributed by atoms with Crippen LogP contribution in [0.5, 0.6) is 0 Å². The summed E-state index contributed by atoms with van der Waals surface area (Å²) in [5, 5.41) is 11.8. The van der Waals surface area contributed by atoms with Crippen LogP contribution in [0.25, 0.3) is 0 Å². The second-order valence-electron chi connectivity index (χ2n) is 10.1. The van der Waals surface area contributed by atoms with E-state index in [4.69, 9.17) is 39.9 Å². The molecule has 0 saturated heterocycles. The van der Waals surface area contributed by atoms with Crippen molar-refractivity contribution in [1.29, 1.82) is 0 Å². The van der Waals surface area contributed by atoms with E-state index >= 15 is 0 Å². The largest absolute Gasteiger partial charge is 0.348 e. The predicted octanol–water partition coefficient (Wildman–Crippen LogP) is 6.90. The lowest BCUT2D eigenvalue weighted by Gasteiger charge is -2.41. The Bertz CT molecular complexity index is 1120. The van der Waals surface area contributed by atoms with Crippen molar-refractivity contribution in [3.05, 3.63) is 63.1 Å². The summed E-state index contributed by atoms with van der Waals surface area (Å²) in [6.07, 6.45) is 6.90. The van der Waals surface area contributed by atoms with E-state index in [1.807, 2.05) is 35.3 Å². The van der Waals surface area contributed by atoms with Crippen LogP contribution >= 0.6 is 34.8 Å². The molecular formula is C26H26Cl3N3O. The fraction of sp³-hybridized carbons (Fsp3) is 0.462. The zero-order chi connectivity index (χ0) is 22.7. The van der Waals surface area contributed by atoms with Crippen molar-refractivity contribution >= 4 is 52.1 Å². The van der Waals surface area contributed by atoms with Crippen LogP contribution in [0.4, 0.5) is 5.69 Å². The maximum Gasteiger partial charge on any atom is 0.267 e. The summed E-state index contributed by atoms with van der Waals surface area (Å²) in [7, 11) is 0. The maximum absolute atomic E-state index is 13.4. The molecule has 6 rings (SSSR count). The van der Waals surface area contributed by atoms with Crippen molar-refractivity contribution in [2.45, 2.75) is 50.6 Å². The molecule has 1 heterocycles. The minimum atomic E-state index is -0.139. The molecule has 6 unspecified atom stereocenters. The molecule has 172 valence electrons. The number of carbonyl (C=O) groups excluding carboxylic acids is 1. The summed E-state index contributed by atoms with van der Waals surface area (Å²) in [5.41, 5.74) is 2.31. The number of anilines is 1. The Morgan fingerprint density at radius 3 is 2.45 bits per heavy atom. The molecule has 1 aliphatic heterocycles. The summed E-state index contributed by atoms with van der Waals surface area (Å²) in [6, 6.07) is 13.2. The third-order valence-corrected chi connectivity index (χ3v) is 9.06. The molecule has 2 bridgehead atoms. The highest BCUT2D eigenvalue weighted by Crippen LogP contribution is 2.57. The molecule has 0 radical (unpaired) electrons. The van der Waals surface area contributed by atoms with Crippen molar-refractivity contribution in [2.24, 2.45) is 28.8 Å². The van der Waals surface area contributed by atoms with E-state index in [-0.39, 0.29) is 18.0 Å². The number of carbonyl (C=O) groups is 1. The molecule has 4 aliphatic rings. The van der Waals surface area contributed by atoms with Crippen LogP contribution in [-0.2, 0) is 4.79 Å². The van der Waals surface area contributed by atoms with Crippen molar-refractivity contribution < 1.29 is 4.79 Å². The number of hydrogen-bond donors (Lipinski definition) is 1. The number of amides is 1. The second-order valence-corrected chi connectivity index (χ2v) is 11.4. The number of fused-ring (bicyclic) bond motifs is 1. The molecule has 2 aromatic carbocycles. The number of halogens is 3. The first-order chi connectivity index (χ1) is 16.0. The van der Waals surface area contributed by atoms with Gasteiger partial charge in [0.1, 0.15) is 5.71 Å². The van der Waals surface area contributed by atoms with Gasteiger partial charge in [-0.2, -0.15) is 5.10 Å². The van der Waals surface area contributed by atoms with E-state index in [9.17, 15) is 4.79 Å². The Kier molecular flexibility index (Phi) is 5.59. The van der Waals surface area contributed by atoms with Crippen LogP contribution in [0.15, 0.2) is 47.6 Å². The molecule has 4 nitrogen and oxygen atoms in total. The van der Waals surface area contributed by atoms with Crippen molar-refractivity contribution in [3.63, 3.8) is 0 Å². The average Bonchev–Trinajstić information content (AvgIpc) is 3.51. The Labute approximate surface area is 209 Å². The van der Waals surface area contributed by atoms with Crippen molar-refractivity contribution in [3.8, 4) is 0 Å². The van der Waals surface area contributed by atoms with Crippen LogP contribution in [0.2, 0.25) is 15.1 Å². The van der Waals surface area contributed by atoms with E-state index in [0.717, 1.165) is 35.4 Å². The number of rotatable bonds is 4. The molecule has 1 amide bonds. The average molecular weight is 503 g/mol. The van der Waals surface area contributed by atoms with Gasteiger partial charge in [0.15, 0.2) is 0 Å². The first kappa shape index (κ1) is 21.8. The van der Waals surface area contributed by atoms with Gasteiger partial charge in [-0.3, -0.25) is 9.80 Å². The predicted molar refractivity (Wildman–Crippen MR) is 134 cm³/mol. The SMILES string of the molecule is O=C(NC1CCC2CC3CC2C1C3)C1=NN(c2ccc(Cl)cc2Cl)C(c2ccc(Cl)cc2)C1. The highest BCUT2D eigenvalue weighted by Gasteiger charge is 2.51. The van der Waals surface area contributed by atoms with Crippen LogP contribution in [0.1, 0.15) is 50.1 Å². The van der Waals surface area contributed by atoms with Gasteiger partial charge in [0.2, 0.25) is 0 Å². The molecule has 3 saturated carbocycles.